The van der Waals surface area contributed by atoms with Crippen LogP contribution in [0.5, 0.6) is 5.75 Å². The minimum atomic E-state index is 0.825. The summed E-state index contributed by atoms with van der Waals surface area (Å²) < 4.78 is 5.33. The zero-order chi connectivity index (χ0) is 12.0. The molecule has 0 fully saturated rings. The first-order chi connectivity index (χ1) is 7.72. The topological polar surface area (TPSA) is 38.5 Å². The second-order valence-corrected chi connectivity index (χ2v) is 3.80. The monoisotopic (exact) mass is 222 g/mol. The van der Waals surface area contributed by atoms with E-state index in [4.69, 9.17) is 10.5 Å². The molecule has 1 rings (SSSR count). The Hall–Kier alpha value is -1.22. The molecule has 0 saturated carbocycles. The number of hydrogen-bond acceptors (Lipinski definition) is 3. The van der Waals surface area contributed by atoms with Gasteiger partial charge >= 0.3 is 0 Å². The number of hydrogen-bond donors (Lipinski definition) is 1. The first kappa shape index (κ1) is 12.8. The number of nitrogens with zero attached hydrogens (tertiary/aromatic N) is 1. The number of methoxy groups -OCH3 is 1. The number of anilines is 1. The lowest BCUT2D eigenvalue weighted by Crippen LogP contribution is -2.25. The highest BCUT2D eigenvalue weighted by Gasteiger charge is 2.08. The van der Waals surface area contributed by atoms with Gasteiger partial charge in [-0.1, -0.05) is 19.9 Å². The summed E-state index contributed by atoms with van der Waals surface area (Å²) in [4.78, 5) is 2.38. The lowest BCUT2D eigenvalue weighted by molar-refractivity contribution is 0.306. The summed E-state index contributed by atoms with van der Waals surface area (Å²) >= 11 is 0. The molecule has 0 spiro atoms. The van der Waals surface area contributed by atoms with Crippen molar-refractivity contribution in [3.8, 4) is 5.75 Å². The molecule has 0 radical (unpaired) electrons. The summed E-state index contributed by atoms with van der Waals surface area (Å²) in [6, 6.07) is 5.82. The Bertz CT molecular complexity index is 322. The average molecular weight is 222 g/mol. The summed E-state index contributed by atoms with van der Waals surface area (Å²) in [5.41, 5.74) is 7.92. The maximum Gasteiger partial charge on any atom is 0.124 e. The van der Waals surface area contributed by atoms with Crippen molar-refractivity contribution >= 4 is 5.69 Å². The number of nitrogens with two attached hydrogens (primary N) is 1. The molecule has 0 aromatic heterocycles. The lowest BCUT2D eigenvalue weighted by atomic mass is 10.1. The maximum absolute atomic E-state index is 5.97. The van der Waals surface area contributed by atoms with Crippen molar-refractivity contribution < 1.29 is 4.74 Å². The molecular weight excluding hydrogens is 200 g/mol. The molecule has 3 nitrogen and oxygen atoms in total. The van der Waals surface area contributed by atoms with Gasteiger partial charge in [0.25, 0.3) is 0 Å². The molecule has 0 amide bonds. The van der Waals surface area contributed by atoms with Crippen molar-refractivity contribution in [3.05, 3.63) is 23.8 Å². The van der Waals surface area contributed by atoms with E-state index in [1.54, 1.807) is 7.11 Å². The van der Waals surface area contributed by atoms with E-state index >= 15 is 0 Å². The Kier molecular flexibility index (Phi) is 5.12. The molecular formula is C13H22N2O. The van der Waals surface area contributed by atoms with Crippen LogP contribution < -0.4 is 10.5 Å². The minimum Gasteiger partial charge on any atom is -0.496 e. The van der Waals surface area contributed by atoms with Crippen molar-refractivity contribution in [1.29, 1.82) is 0 Å². The Morgan fingerprint density at radius 3 is 2.50 bits per heavy atom. The Morgan fingerprint density at radius 2 is 1.94 bits per heavy atom. The van der Waals surface area contributed by atoms with Gasteiger partial charge in [0.1, 0.15) is 5.75 Å². The Balaban J connectivity index is 2.72. The third-order valence-corrected chi connectivity index (χ3v) is 2.96. The van der Waals surface area contributed by atoms with Crippen LogP contribution in [0.2, 0.25) is 0 Å². The van der Waals surface area contributed by atoms with Gasteiger partial charge in [0, 0.05) is 17.8 Å². The predicted octanol–water partition coefficient (Wildman–Crippen LogP) is 2.16. The van der Waals surface area contributed by atoms with Gasteiger partial charge in [0.2, 0.25) is 0 Å². The van der Waals surface area contributed by atoms with E-state index in [1.165, 1.54) is 0 Å². The smallest absolute Gasteiger partial charge is 0.124 e. The van der Waals surface area contributed by atoms with Crippen molar-refractivity contribution in [2.24, 2.45) is 0 Å². The first-order valence-electron chi connectivity index (χ1n) is 5.86. The van der Waals surface area contributed by atoms with E-state index in [2.05, 4.69) is 18.7 Å². The van der Waals surface area contributed by atoms with Crippen molar-refractivity contribution in [3.63, 3.8) is 0 Å². The van der Waals surface area contributed by atoms with E-state index in [9.17, 15) is 0 Å². The standard InChI is InChI=1S/C13H22N2O/c1-4-15(5-2)10-9-11-12(14)7-6-8-13(11)16-3/h6-8H,4-5,9-10,14H2,1-3H3. The molecule has 0 aliphatic carbocycles. The summed E-state index contributed by atoms with van der Waals surface area (Å²) in [5.74, 6) is 0.896. The second-order valence-electron chi connectivity index (χ2n) is 3.80. The molecule has 0 atom stereocenters. The van der Waals surface area contributed by atoms with Crippen LogP contribution in [0.3, 0.4) is 0 Å². The largest absolute Gasteiger partial charge is 0.496 e. The van der Waals surface area contributed by atoms with E-state index in [0.717, 1.165) is 43.1 Å². The van der Waals surface area contributed by atoms with Crippen LogP contribution in [0.4, 0.5) is 5.69 Å². The van der Waals surface area contributed by atoms with Crippen LogP contribution in [0.25, 0.3) is 0 Å². The molecule has 0 saturated heterocycles. The summed E-state index contributed by atoms with van der Waals surface area (Å²) in [5, 5.41) is 0. The van der Waals surface area contributed by atoms with Crippen molar-refractivity contribution in [1.82, 2.24) is 4.90 Å². The third-order valence-electron chi connectivity index (χ3n) is 2.96. The van der Waals surface area contributed by atoms with Crippen LogP contribution in [0.15, 0.2) is 18.2 Å². The van der Waals surface area contributed by atoms with Crippen molar-refractivity contribution in [2.45, 2.75) is 20.3 Å². The molecule has 0 unspecified atom stereocenters. The third kappa shape index (κ3) is 3.14. The predicted molar refractivity (Wildman–Crippen MR) is 68.9 cm³/mol. The van der Waals surface area contributed by atoms with Crippen LogP contribution in [-0.4, -0.2) is 31.6 Å². The number of rotatable bonds is 6. The molecule has 1 aromatic carbocycles. The molecule has 0 bridgehead atoms. The zero-order valence-electron chi connectivity index (χ0n) is 10.5. The highest BCUT2D eigenvalue weighted by atomic mass is 16.5. The van der Waals surface area contributed by atoms with Crippen molar-refractivity contribution in [2.75, 3.05) is 32.5 Å². The van der Waals surface area contributed by atoms with E-state index in [0.29, 0.717) is 0 Å². The van der Waals surface area contributed by atoms with Gasteiger partial charge in [0.15, 0.2) is 0 Å². The molecule has 16 heavy (non-hydrogen) atoms. The van der Waals surface area contributed by atoms with Crippen LogP contribution in [0.1, 0.15) is 19.4 Å². The van der Waals surface area contributed by atoms with Crippen LogP contribution >= 0.6 is 0 Å². The normalized spacial score (nSPS) is 10.8. The molecule has 0 aliphatic rings. The van der Waals surface area contributed by atoms with Crippen LogP contribution in [-0.2, 0) is 6.42 Å². The first-order valence-corrected chi connectivity index (χ1v) is 5.86. The van der Waals surface area contributed by atoms with Gasteiger partial charge in [0.05, 0.1) is 7.11 Å². The highest BCUT2D eigenvalue weighted by molar-refractivity contribution is 5.54. The van der Waals surface area contributed by atoms with Gasteiger partial charge in [-0.15, -0.1) is 0 Å². The summed E-state index contributed by atoms with van der Waals surface area (Å²) in [7, 11) is 1.69. The summed E-state index contributed by atoms with van der Waals surface area (Å²) in [6.45, 7) is 7.53. The SMILES string of the molecule is CCN(CC)CCc1c(N)cccc1OC. The fraction of sp³-hybridized carbons (Fsp3) is 0.538. The molecule has 2 N–H and O–H groups in total. The fourth-order valence-electron chi connectivity index (χ4n) is 1.85. The van der Waals surface area contributed by atoms with E-state index in [-0.39, 0.29) is 0 Å². The molecule has 90 valence electrons. The highest BCUT2D eigenvalue weighted by Crippen LogP contribution is 2.24. The number of benzene rings is 1. The van der Waals surface area contributed by atoms with Gasteiger partial charge in [-0.05, 0) is 31.6 Å². The number of likely N-dealkylation sites (N-methyl/N-ethyl adjacent to an activating group) is 1. The Labute approximate surface area is 98.2 Å². The lowest BCUT2D eigenvalue weighted by Gasteiger charge is -2.19. The quantitative estimate of drug-likeness (QED) is 0.750. The molecule has 0 aliphatic heterocycles. The average Bonchev–Trinajstić information content (AvgIpc) is 2.31. The van der Waals surface area contributed by atoms with E-state index < -0.39 is 0 Å². The molecule has 0 heterocycles. The summed E-state index contributed by atoms with van der Waals surface area (Å²) in [6.07, 6.45) is 0.942. The van der Waals surface area contributed by atoms with Gasteiger partial charge in [-0.3, -0.25) is 0 Å². The number of nitrogen functional groups attached to an aromatic ring is 1. The fourth-order valence-corrected chi connectivity index (χ4v) is 1.85. The molecule has 3 heteroatoms. The van der Waals surface area contributed by atoms with E-state index in [1.807, 2.05) is 18.2 Å². The number of ether oxygens (including phenoxy) is 1. The van der Waals surface area contributed by atoms with Gasteiger partial charge in [-0.2, -0.15) is 0 Å². The maximum atomic E-state index is 5.97. The zero-order valence-corrected chi connectivity index (χ0v) is 10.5. The molecule has 1 aromatic rings. The van der Waals surface area contributed by atoms with Crippen LogP contribution in [0, 0.1) is 0 Å². The van der Waals surface area contributed by atoms with Gasteiger partial charge in [-0.25, -0.2) is 0 Å². The Morgan fingerprint density at radius 1 is 1.25 bits per heavy atom. The minimum absolute atomic E-state index is 0.825. The van der Waals surface area contributed by atoms with Gasteiger partial charge < -0.3 is 15.4 Å². The second kappa shape index (κ2) is 6.38.